The molecule has 0 saturated heterocycles. The summed E-state index contributed by atoms with van der Waals surface area (Å²) >= 11 is 0. The number of pyridine rings is 1. The molecule has 0 saturated carbocycles. The average Bonchev–Trinajstić information content (AvgIpc) is 2.47. The summed E-state index contributed by atoms with van der Waals surface area (Å²) in [4.78, 5) is 4.50. The van der Waals surface area contributed by atoms with E-state index in [0.717, 1.165) is 16.9 Å². The Morgan fingerprint density at radius 1 is 1.38 bits per heavy atom. The van der Waals surface area contributed by atoms with Gasteiger partial charge in [-0.3, -0.25) is 0 Å². The van der Waals surface area contributed by atoms with E-state index in [1.54, 1.807) is 0 Å². The van der Waals surface area contributed by atoms with Crippen molar-refractivity contribution in [1.29, 1.82) is 0 Å². The van der Waals surface area contributed by atoms with Crippen LogP contribution in [0.25, 0.3) is 16.6 Å². The highest BCUT2D eigenvalue weighted by Gasteiger charge is 2.01. The Kier molecular flexibility index (Phi) is 1.69. The van der Waals surface area contributed by atoms with E-state index < -0.39 is 0 Å². The lowest BCUT2D eigenvalue weighted by atomic mass is 10.2. The molecular formula is C11H12N2. The molecule has 2 heteroatoms. The smallest absolute Gasteiger partial charge is 0.140 e. The maximum absolute atomic E-state index is 4.50. The molecule has 2 rings (SSSR count). The third-order valence-corrected chi connectivity index (χ3v) is 2.15. The van der Waals surface area contributed by atoms with Gasteiger partial charge in [0, 0.05) is 18.6 Å². The van der Waals surface area contributed by atoms with Crippen molar-refractivity contribution in [3.05, 3.63) is 36.7 Å². The van der Waals surface area contributed by atoms with Crippen molar-refractivity contribution in [3.8, 4) is 0 Å². The molecule has 0 aliphatic heterocycles. The van der Waals surface area contributed by atoms with Crippen molar-refractivity contribution in [2.24, 2.45) is 7.05 Å². The number of aromatic nitrogens is 2. The van der Waals surface area contributed by atoms with Gasteiger partial charge in [-0.05, 0) is 30.7 Å². The third-order valence-electron chi connectivity index (χ3n) is 2.15. The molecule has 0 fully saturated rings. The molecule has 13 heavy (non-hydrogen) atoms. The zero-order valence-electron chi connectivity index (χ0n) is 7.91. The minimum atomic E-state index is 0.967. The van der Waals surface area contributed by atoms with Crippen LogP contribution in [0.2, 0.25) is 0 Å². The predicted octanol–water partition coefficient (Wildman–Crippen LogP) is 2.61. The molecule has 0 aromatic carbocycles. The Labute approximate surface area is 77.5 Å². The highest BCUT2D eigenvalue weighted by atomic mass is 15.0. The zero-order chi connectivity index (χ0) is 9.42. The Balaban J connectivity index is 2.72. The Bertz CT molecular complexity index is 466. The summed E-state index contributed by atoms with van der Waals surface area (Å²) in [6, 6.07) is 6.14. The van der Waals surface area contributed by atoms with Crippen LogP contribution < -0.4 is 0 Å². The summed E-state index contributed by atoms with van der Waals surface area (Å²) in [6.07, 6.45) is 2.01. The van der Waals surface area contributed by atoms with Crippen molar-refractivity contribution in [2.75, 3.05) is 0 Å². The molecule has 0 atom stereocenters. The van der Waals surface area contributed by atoms with E-state index in [1.807, 2.05) is 30.8 Å². The zero-order valence-corrected chi connectivity index (χ0v) is 7.91. The first-order chi connectivity index (χ1) is 6.18. The van der Waals surface area contributed by atoms with E-state index in [-0.39, 0.29) is 0 Å². The quantitative estimate of drug-likeness (QED) is 0.646. The molecule has 0 bridgehead atoms. The van der Waals surface area contributed by atoms with E-state index in [0.29, 0.717) is 0 Å². The molecular weight excluding hydrogens is 160 g/mol. The van der Waals surface area contributed by atoms with Crippen molar-refractivity contribution < 1.29 is 0 Å². The third kappa shape index (κ3) is 1.24. The Hall–Kier alpha value is -1.57. The molecule has 0 aliphatic rings. The lowest BCUT2D eigenvalue weighted by Gasteiger charge is -2.00. The second-order valence-corrected chi connectivity index (χ2v) is 3.32. The first kappa shape index (κ1) is 8.05. The standard InChI is InChI=1S/C11H12N2/c1-8(2)10-5-4-9-6-7-13(3)11(9)12-10/h4-7H,1H2,2-3H3. The Morgan fingerprint density at radius 2 is 2.15 bits per heavy atom. The van der Waals surface area contributed by atoms with E-state index in [4.69, 9.17) is 0 Å². The fourth-order valence-corrected chi connectivity index (χ4v) is 1.37. The Morgan fingerprint density at radius 3 is 2.85 bits per heavy atom. The number of hydrogen-bond acceptors (Lipinski definition) is 1. The van der Waals surface area contributed by atoms with E-state index in [2.05, 4.69) is 23.7 Å². The van der Waals surface area contributed by atoms with Crippen LogP contribution in [0.3, 0.4) is 0 Å². The molecule has 0 N–H and O–H groups in total. The van der Waals surface area contributed by atoms with Gasteiger partial charge in [-0.1, -0.05) is 6.58 Å². The monoisotopic (exact) mass is 172 g/mol. The average molecular weight is 172 g/mol. The van der Waals surface area contributed by atoms with Gasteiger partial charge in [-0.15, -0.1) is 0 Å². The van der Waals surface area contributed by atoms with Crippen molar-refractivity contribution >= 4 is 16.6 Å². The van der Waals surface area contributed by atoms with Crippen LogP contribution in [0.15, 0.2) is 31.0 Å². The topological polar surface area (TPSA) is 17.8 Å². The number of allylic oxidation sites excluding steroid dienone is 1. The van der Waals surface area contributed by atoms with Crippen LogP contribution in [-0.4, -0.2) is 9.55 Å². The summed E-state index contributed by atoms with van der Waals surface area (Å²) in [7, 11) is 2.00. The SMILES string of the molecule is C=C(C)c1ccc2ccn(C)c2n1. The molecule has 66 valence electrons. The fraction of sp³-hybridized carbons (Fsp3) is 0.182. The van der Waals surface area contributed by atoms with Crippen LogP contribution in [0, 0.1) is 0 Å². The van der Waals surface area contributed by atoms with Gasteiger partial charge in [-0.25, -0.2) is 4.98 Å². The number of rotatable bonds is 1. The van der Waals surface area contributed by atoms with Gasteiger partial charge in [-0.2, -0.15) is 0 Å². The maximum Gasteiger partial charge on any atom is 0.140 e. The van der Waals surface area contributed by atoms with Gasteiger partial charge in [0.25, 0.3) is 0 Å². The second-order valence-electron chi connectivity index (χ2n) is 3.32. The van der Waals surface area contributed by atoms with Gasteiger partial charge in [0.1, 0.15) is 5.65 Å². The highest BCUT2D eigenvalue weighted by Crippen LogP contribution is 2.16. The lowest BCUT2D eigenvalue weighted by Crippen LogP contribution is -1.91. The molecule has 2 heterocycles. The van der Waals surface area contributed by atoms with Crippen molar-refractivity contribution in [3.63, 3.8) is 0 Å². The largest absolute Gasteiger partial charge is 0.336 e. The normalized spacial score (nSPS) is 10.6. The van der Waals surface area contributed by atoms with E-state index in [9.17, 15) is 0 Å². The summed E-state index contributed by atoms with van der Waals surface area (Å²) in [5, 5.41) is 1.17. The number of nitrogens with zero attached hydrogens (tertiary/aromatic N) is 2. The second kappa shape index (κ2) is 2.73. The van der Waals surface area contributed by atoms with Gasteiger partial charge in [0.15, 0.2) is 0 Å². The number of fused-ring (bicyclic) bond motifs is 1. The van der Waals surface area contributed by atoms with Gasteiger partial charge in [0.2, 0.25) is 0 Å². The minimum absolute atomic E-state index is 0.967. The predicted molar refractivity (Wildman–Crippen MR) is 55.4 cm³/mol. The molecule has 0 radical (unpaired) electrons. The van der Waals surface area contributed by atoms with E-state index >= 15 is 0 Å². The van der Waals surface area contributed by atoms with Crippen LogP contribution in [0.5, 0.6) is 0 Å². The number of hydrogen-bond donors (Lipinski definition) is 0. The van der Waals surface area contributed by atoms with Crippen LogP contribution in [0.1, 0.15) is 12.6 Å². The maximum atomic E-state index is 4.50. The van der Waals surface area contributed by atoms with Crippen molar-refractivity contribution in [2.45, 2.75) is 6.92 Å². The van der Waals surface area contributed by atoms with Crippen LogP contribution in [0.4, 0.5) is 0 Å². The first-order valence-electron chi connectivity index (χ1n) is 4.26. The van der Waals surface area contributed by atoms with Crippen LogP contribution >= 0.6 is 0 Å². The highest BCUT2D eigenvalue weighted by molar-refractivity contribution is 5.78. The molecule has 0 spiro atoms. The summed E-state index contributed by atoms with van der Waals surface area (Å²) in [5.41, 5.74) is 2.98. The molecule has 0 unspecified atom stereocenters. The summed E-state index contributed by atoms with van der Waals surface area (Å²) < 4.78 is 2.02. The van der Waals surface area contributed by atoms with Gasteiger partial charge < -0.3 is 4.57 Å². The molecule has 0 aliphatic carbocycles. The summed E-state index contributed by atoms with van der Waals surface area (Å²) in [6.45, 7) is 5.84. The van der Waals surface area contributed by atoms with Crippen LogP contribution in [-0.2, 0) is 7.05 Å². The van der Waals surface area contributed by atoms with Crippen molar-refractivity contribution in [1.82, 2.24) is 9.55 Å². The molecule has 2 nitrogen and oxygen atoms in total. The van der Waals surface area contributed by atoms with Gasteiger partial charge >= 0.3 is 0 Å². The van der Waals surface area contributed by atoms with Gasteiger partial charge in [0.05, 0.1) is 5.69 Å². The summed E-state index contributed by atoms with van der Waals surface area (Å²) in [5.74, 6) is 0. The molecule has 2 aromatic rings. The molecule has 0 amide bonds. The first-order valence-corrected chi connectivity index (χ1v) is 4.26. The lowest BCUT2D eigenvalue weighted by molar-refractivity contribution is 0.946. The van der Waals surface area contributed by atoms with E-state index in [1.165, 1.54) is 5.39 Å². The number of aryl methyl sites for hydroxylation is 1. The fourth-order valence-electron chi connectivity index (χ4n) is 1.37. The molecule has 2 aromatic heterocycles. The minimum Gasteiger partial charge on any atom is -0.336 e.